The second kappa shape index (κ2) is 9.29. The fraction of sp³-hybridized carbons (Fsp3) is 0.346. The lowest BCUT2D eigenvalue weighted by atomic mass is 10.1. The summed E-state index contributed by atoms with van der Waals surface area (Å²) in [6, 6.07) is 18.2. The van der Waals surface area contributed by atoms with Gasteiger partial charge in [0.25, 0.3) is 5.91 Å². The third-order valence-corrected chi connectivity index (χ3v) is 6.01. The number of hydrogen-bond acceptors (Lipinski definition) is 3. The van der Waals surface area contributed by atoms with Gasteiger partial charge >= 0.3 is 0 Å². The van der Waals surface area contributed by atoms with E-state index in [2.05, 4.69) is 34.1 Å². The van der Waals surface area contributed by atoms with E-state index in [9.17, 15) is 4.79 Å². The van der Waals surface area contributed by atoms with Crippen molar-refractivity contribution < 1.29 is 14.3 Å². The number of nitrogens with one attached hydrogen (secondary N) is 1. The minimum absolute atomic E-state index is 0.00836. The molecule has 0 radical (unpaired) electrons. The zero-order valence-electron chi connectivity index (χ0n) is 18.5. The maximum absolute atomic E-state index is 13.0. The second-order valence-electron chi connectivity index (χ2n) is 8.14. The molecule has 1 aliphatic rings. The number of aryl methyl sites for hydroxylation is 1. The summed E-state index contributed by atoms with van der Waals surface area (Å²) in [4.78, 5) is 13.0. The molecule has 2 aromatic carbocycles. The fourth-order valence-corrected chi connectivity index (χ4v) is 3.94. The van der Waals surface area contributed by atoms with Gasteiger partial charge in [0.2, 0.25) is 0 Å². The number of nitrogens with zero attached hydrogens (tertiary/aromatic N) is 1. The first-order valence-corrected chi connectivity index (χ1v) is 10.9. The Kier molecular flexibility index (Phi) is 6.31. The molecule has 5 heteroatoms. The van der Waals surface area contributed by atoms with Crippen LogP contribution >= 0.6 is 0 Å². The van der Waals surface area contributed by atoms with E-state index < -0.39 is 0 Å². The van der Waals surface area contributed by atoms with E-state index in [0.717, 1.165) is 48.0 Å². The highest BCUT2D eigenvalue weighted by molar-refractivity contribution is 5.97. The molecule has 1 N–H and O–H groups in total. The topological polar surface area (TPSA) is 52.5 Å². The van der Waals surface area contributed by atoms with Crippen molar-refractivity contribution in [2.75, 3.05) is 20.8 Å². The molecule has 1 amide bonds. The summed E-state index contributed by atoms with van der Waals surface area (Å²) in [5, 5.41) is 3.11. The first-order chi connectivity index (χ1) is 15.1. The summed E-state index contributed by atoms with van der Waals surface area (Å²) < 4.78 is 13.3. The Labute approximate surface area is 184 Å². The molecule has 0 unspecified atom stereocenters. The quantitative estimate of drug-likeness (QED) is 0.540. The Morgan fingerprint density at radius 3 is 2.52 bits per heavy atom. The lowest BCUT2D eigenvalue weighted by molar-refractivity contribution is 0.0951. The lowest BCUT2D eigenvalue weighted by Gasteiger charge is -2.15. The standard InChI is InChI=1S/C26H30N2O3/c1-18-22(26(29)27-17-20-9-10-20)16-24(23-15-21(30-2)11-12-25(23)31-3)28(18)14-13-19-7-5-4-6-8-19/h4-8,11-12,15-16,20H,9-10,13-14,17H2,1-3H3,(H,27,29). The molecule has 1 heterocycles. The van der Waals surface area contributed by atoms with Crippen molar-refractivity contribution in [1.82, 2.24) is 9.88 Å². The molecule has 0 bridgehead atoms. The van der Waals surface area contributed by atoms with Crippen LogP contribution in [0.2, 0.25) is 0 Å². The summed E-state index contributed by atoms with van der Waals surface area (Å²) in [5.41, 5.74) is 4.82. The van der Waals surface area contributed by atoms with Crippen molar-refractivity contribution in [3.05, 3.63) is 71.4 Å². The number of hydrogen-bond donors (Lipinski definition) is 1. The van der Waals surface area contributed by atoms with Gasteiger partial charge in [-0.1, -0.05) is 30.3 Å². The van der Waals surface area contributed by atoms with Crippen molar-refractivity contribution in [1.29, 1.82) is 0 Å². The molecule has 3 aromatic rings. The van der Waals surface area contributed by atoms with E-state index in [4.69, 9.17) is 9.47 Å². The zero-order chi connectivity index (χ0) is 21.8. The highest BCUT2D eigenvalue weighted by atomic mass is 16.5. The Bertz CT molecular complexity index is 1050. The number of carbonyl (C=O) groups is 1. The summed E-state index contributed by atoms with van der Waals surface area (Å²) in [6.45, 7) is 3.54. The van der Waals surface area contributed by atoms with Crippen molar-refractivity contribution in [3.63, 3.8) is 0 Å². The number of ether oxygens (including phenoxy) is 2. The number of aromatic nitrogens is 1. The summed E-state index contributed by atoms with van der Waals surface area (Å²) in [6.07, 6.45) is 3.30. The molecule has 162 valence electrons. The Morgan fingerprint density at radius 2 is 1.84 bits per heavy atom. The molecule has 0 aliphatic heterocycles. The highest BCUT2D eigenvalue weighted by Crippen LogP contribution is 2.36. The van der Waals surface area contributed by atoms with E-state index in [1.54, 1.807) is 14.2 Å². The molecule has 1 fully saturated rings. The van der Waals surface area contributed by atoms with Gasteiger partial charge < -0.3 is 19.4 Å². The monoisotopic (exact) mass is 418 g/mol. The summed E-state index contributed by atoms with van der Waals surface area (Å²) in [7, 11) is 3.32. The van der Waals surface area contributed by atoms with Gasteiger partial charge in [-0.05, 0) is 61.9 Å². The first-order valence-electron chi connectivity index (χ1n) is 10.9. The van der Waals surface area contributed by atoms with Crippen LogP contribution in [0.15, 0.2) is 54.6 Å². The van der Waals surface area contributed by atoms with E-state index in [1.807, 2.05) is 37.3 Å². The van der Waals surface area contributed by atoms with Crippen molar-refractivity contribution in [2.24, 2.45) is 5.92 Å². The number of carbonyl (C=O) groups excluding carboxylic acids is 1. The van der Waals surface area contributed by atoms with Crippen LogP contribution in [-0.4, -0.2) is 31.2 Å². The second-order valence-corrected chi connectivity index (χ2v) is 8.14. The van der Waals surface area contributed by atoms with E-state index in [1.165, 1.54) is 18.4 Å². The third-order valence-electron chi connectivity index (χ3n) is 6.01. The van der Waals surface area contributed by atoms with Gasteiger partial charge in [0.1, 0.15) is 11.5 Å². The van der Waals surface area contributed by atoms with Crippen LogP contribution in [0.1, 0.15) is 34.5 Å². The Hall–Kier alpha value is -3.21. The van der Waals surface area contributed by atoms with Gasteiger partial charge in [-0.15, -0.1) is 0 Å². The first kappa shape index (κ1) is 21.0. The molecular formula is C26H30N2O3. The minimum Gasteiger partial charge on any atom is -0.497 e. The van der Waals surface area contributed by atoms with Gasteiger partial charge in [-0.25, -0.2) is 0 Å². The molecule has 0 atom stereocenters. The average molecular weight is 419 g/mol. The van der Waals surface area contributed by atoms with E-state index in [-0.39, 0.29) is 5.91 Å². The van der Waals surface area contributed by atoms with Crippen molar-refractivity contribution in [2.45, 2.75) is 32.7 Å². The molecule has 1 saturated carbocycles. The lowest BCUT2D eigenvalue weighted by Crippen LogP contribution is -2.26. The maximum Gasteiger partial charge on any atom is 0.253 e. The average Bonchev–Trinajstić information content (AvgIpc) is 3.58. The minimum atomic E-state index is -0.00836. The SMILES string of the molecule is COc1ccc(OC)c(-c2cc(C(=O)NCC3CC3)c(C)n2CCc2ccccc2)c1. The molecule has 0 saturated heterocycles. The zero-order valence-corrected chi connectivity index (χ0v) is 18.5. The van der Waals surface area contributed by atoms with Crippen LogP contribution in [0.25, 0.3) is 11.3 Å². The van der Waals surface area contributed by atoms with Gasteiger partial charge in [0.15, 0.2) is 0 Å². The number of benzene rings is 2. The molecular weight excluding hydrogens is 388 g/mol. The number of amides is 1. The van der Waals surface area contributed by atoms with Crippen LogP contribution in [0.5, 0.6) is 11.5 Å². The molecule has 1 aliphatic carbocycles. The number of methoxy groups -OCH3 is 2. The van der Waals surface area contributed by atoms with Crippen LogP contribution in [0.3, 0.4) is 0 Å². The summed E-state index contributed by atoms with van der Waals surface area (Å²) in [5.74, 6) is 2.14. The normalized spacial score (nSPS) is 13.1. The van der Waals surface area contributed by atoms with Crippen molar-refractivity contribution >= 4 is 5.91 Å². The molecule has 4 rings (SSSR count). The van der Waals surface area contributed by atoms with E-state index in [0.29, 0.717) is 11.5 Å². The number of rotatable bonds is 9. The molecule has 1 aromatic heterocycles. The van der Waals surface area contributed by atoms with Crippen LogP contribution in [0.4, 0.5) is 0 Å². The van der Waals surface area contributed by atoms with Gasteiger partial charge in [0, 0.05) is 24.3 Å². The summed E-state index contributed by atoms with van der Waals surface area (Å²) >= 11 is 0. The van der Waals surface area contributed by atoms with Crippen LogP contribution < -0.4 is 14.8 Å². The predicted molar refractivity (Wildman–Crippen MR) is 123 cm³/mol. The van der Waals surface area contributed by atoms with E-state index >= 15 is 0 Å². The predicted octanol–water partition coefficient (Wildman–Crippen LogP) is 4.86. The van der Waals surface area contributed by atoms with Gasteiger partial charge in [-0.2, -0.15) is 0 Å². The largest absolute Gasteiger partial charge is 0.497 e. The van der Waals surface area contributed by atoms with Gasteiger partial charge in [0.05, 0.1) is 25.5 Å². The molecule has 31 heavy (non-hydrogen) atoms. The fourth-order valence-electron chi connectivity index (χ4n) is 3.94. The molecule has 0 spiro atoms. The van der Waals surface area contributed by atoms with Crippen LogP contribution in [0, 0.1) is 12.8 Å². The Morgan fingerprint density at radius 1 is 1.06 bits per heavy atom. The molecule has 5 nitrogen and oxygen atoms in total. The van der Waals surface area contributed by atoms with Crippen LogP contribution in [-0.2, 0) is 13.0 Å². The maximum atomic E-state index is 13.0. The Balaban J connectivity index is 1.72. The highest BCUT2D eigenvalue weighted by Gasteiger charge is 2.24. The van der Waals surface area contributed by atoms with Crippen molar-refractivity contribution in [3.8, 4) is 22.8 Å². The van der Waals surface area contributed by atoms with Gasteiger partial charge in [-0.3, -0.25) is 4.79 Å². The third kappa shape index (κ3) is 4.76. The smallest absolute Gasteiger partial charge is 0.253 e.